The standard InChI is InChI=1S/C12H20O6/c1-11(2)14-5-6(16-11)7-8-9(10(13)15-7)18-12(3,4)17-8/h6-10,13H,5H2,1-4H3/t6-,7-,8+,9+,10?/m1/s1. The van der Waals surface area contributed by atoms with Gasteiger partial charge in [-0.1, -0.05) is 0 Å². The van der Waals surface area contributed by atoms with E-state index in [4.69, 9.17) is 23.7 Å². The third-order valence-electron chi connectivity index (χ3n) is 3.46. The van der Waals surface area contributed by atoms with Gasteiger partial charge in [-0.3, -0.25) is 0 Å². The lowest BCUT2D eigenvalue weighted by atomic mass is 10.1. The van der Waals surface area contributed by atoms with Crippen molar-refractivity contribution in [3.63, 3.8) is 0 Å². The normalized spacial score (nSPS) is 49.5. The maximum Gasteiger partial charge on any atom is 0.184 e. The topological polar surface area (TPSA) is 66.4 Å². The minimum absolute atomic E-state index is 0.248. The van der Waals surface area contributed by atoms with E-state index >= 15 is 0 Å². The van der Waals surface area contributed by atoms with Gasteiger partial charge in [0.1, 0.15) is 24.4 Å². The molecule has 3 aliphatic heterocycles. The molecule has 3 aliphatic rings. The van der Waals surface area contributed by atoms with Crippen LogP contribution in [0.3, 0.4) is 0 Å². The van der Waals surface area contributed by atoms with E-state index in [9.17, 15) is 5.11 Å². The fraction of sp³-hybridized carbons (Fsp3) is 1.00. The van der Waals surface area contributed by atoms with E-state index in [0.717, 1.165) is 0 Å². The summed E-state index contributed by atoms with van der Waals surface area (Å²) in [5, 5.41) is 9.87. The van der Waals surface area contributed by atoms with Gasteiger partial charge in [-0.15, -0.1) is 0 Å². The summed E-state index contributed by atoms with van der Waals surface area (Å²) in [5.41, 5.74) is 0. The molecule has 5 atom stereocenters. The van der Waals surface area contributed by atoms with Crippen molar-refractivity contribution in [2.45, 2.75) is 70.0 Å². The van der Waals surface area contributed by atoms with Crippen molar-refractivity contribution in [1.29, 1.82) is 0 Å². The average Bonchev–Trinajstić information content (AvgIpc) is 2.81. The van der Waals surface area contributed by atoms with E-state index in [1.54, 1.807) is 0 Å². The van der Waals surface area contributed by atoms with E-state index in [1.165, 1.54) is 0 Å². The molecule has 0 radical (unpaired) electrons. The summed E-state index contributed by atoms with van der Waals surface area (Å²) in [6, 6.07) is 0. The third kappa shape index (κ3) is 2.07. The van der Waals surface area contributed by atoms with Crippen LogP contribution < -0.4 is 0 Å². The van der Waals surface area contributed by atoms with Gasteiger partial charge in [0.2, 0.25) is 0 Å². The molecule has 3 heterocycles. The third-order valence-corrected chi connectivity index (χ3v) is 3.46. The average molecular weight is 260 g/mol. The van der Waals surface area contributed by atoms with E-state index < -0.39 is 24.0 Å². The van der Waals surface area contributed by atoms with Crippen LogP contribution in [0.2, 0.25) is 0 Å². The van der Waals surface area contributed by atoms with Crippen molar-refractivity contribution in [2.24, 2.45) is 0 Å². The summed E-state index contributed by atoms with van der Waals surface area (Å²) in [6.07, 6.45) is -2.38. The number of aliphatic hydroxyl groups is 1. The predicted octanol–water partition coefficient (Wildman–Crippen LogP) is 0.375. The van der Waals surface area contributed by atoms with Gasteiger partial charge >= 0.3 is 0 Å². The first kappa shape index (κ1) is 12.8. The Hall–Kier alpha value is -0.240. The molecule has 1 N–H and O–H groups in total. The Kier molecular flexibility index (Phi) is 2.75. The smallest absolute Gasteiger partial charge is 0.184 e. The Morgan fingerprint density at radius 1 is 0.889 bits per heavy atom. The highest BCUT2D eigenvalue weighted by Gasteiger charge is 2.58. The first-order valence-corrected chi connectivity index (χ1v) is 6.28. The van der Waals surface area contributed by atoms with Crippen molar-refractivity contribution in [1.82, 2.24) is 0 Å². The van der Waals surface area contributed by atoms with Crippen LogP contribution in [0.4, 0.5) is 0 Å². The highest BCUT2D eigenvalue weighted by atomic mass is 16.8. The molecule has 0 amide bonds. The van der Waals surface area contributed by atoms with E-state index in [1.807, 2.05) is 27.7 Å². The van der Waals surface area contributed by atoms with Gasteiger partial charge < -0.3 is 28.8 Å². The Labute approximate surface area is 106 Å². The molecule has 0 aromatic carbocycles. The quantitative estimate of drug-likeness (QED) is 0.735. The first-order chi connectivity index (χ1) is 8.27. The van der Waals surface area contributed by atoms with Gasteiger partial charge in [0, 0.05) is 0 Å². The lowest BCUT2D eigenvalue weighted by molar-refractivity contribution is -0.236. The molecule has 0 spiro atoms. The molecule has 6 nitrogen and oxygen atoms in total. The number of aliphatic hydroxyl groups excluding tert-OH is 1. The highest BCUT2D eigenvalue weighted by Crippen LogP contribution is 2.41. The van der Waals surface area contributed by atoms with Gasteiger partial charge in [-0.05, 0) is 27.7 Å². The molecule has 3 rings (SSSR count). The molecule has 3 saturated heterocycles. The van der Waals surface area contributed by atoms with Crippen molar-refractivity contribution >= 4 is 0 Å². The molecule has 104 valence electrons. The summed E-state index contributed by atoms with van der Waals surface area (Å²) in [4.78, 5) is 0. The summed E-state index contributed by atoms with van der Waals surface area (Å²) in [7, 11) is 0. The molecule has 0 aliphatic carbocycles. The van der Waals surface area contributed by atoms with Crippen LogP contribution in [0.1, 0.15) is 27.7 Å². The van der Waals surface area contributed by atoms with Crippen LogP contribution in [-0.4, -0.2) is 54.0 Å². The number of hydrogen-bond donors (Lipinski definition) is 1. The number of ether oxygens (including phenoxy) is 5. The molecule has 1 unspecified atom stereocenters. The van der Waals surface area contributed by atoms with Gasteiger partial charge in [-0.25, -0.2) is 0 Å². The van der Waals surface area contributed by atoms with Crippen LogP contribution in [0.25, 0.3) is 0 Å². The molecule has 18 heavy (non-hydrogen) atoms. The van der Waals surface area contributed by atoms with Crippen LogP contribution in [0.5, 0.6) is 0 Å². The summed E-state index contributed by atoms with van der Waals surface area (Å²) in [5.74, 6) is -1.32. The minimum atomic E-state index is -0.978. The lowest BCUT2D eigenvalue weighted by Crippen LogP contribution is -2.40. The largest absolute Gasteiger partial charge is 0.366 e. The number of hydrogen-bond acceptors (Lipinski definition) is 6. The monoisotopic (exact) mass is 260 g/mol. The molecule has 0 bridgehead atoms. The molecular weight excluding hydrogens is 240 g/mol. The van der Waals surface area contributed by atoms with E-state index in [0.29, 0.717) is 6.61 Å². The Bertz CT molecular complexity index is 341. The summed E-state index contributed by atoms with van der Waals surface area (Å²) >= 11 is 0. The first-order valence-electron chi connectivity index (χ1n) is 6.28. The summed E-state index contributed by atoms with van der Waals surface area (Å²) in [6.45, 7) is 7.78. The van der Waals surface area contributed by atoms with Crippen molar-refractivity contribution in [3.05, 3.63) is 0 Å². The molecule has 0 aromatic heterocycles. The molecule has 6 heteroatoms. The zero-order valence-corrected chi connectivity index (χ0v) is 11.1. The second kappa shape index (κ2) is 3.88. The second-order valence-corrected chi connectivity index (χ2v) is 5.92. The van der Waals surface area contributed by atoms with E-state index in [-0.39, 0.29) is 18.3 Å². The zero-order valence-electron chi connectivity index (χ0n) is 11.1. The van der Waals surface area contributed by atoms with Crippen LogP contribution >= 0.6 is 0 Å². The Morgan fingerprint density at radius 3 is 2.17 bits per heavy atom. The zero-order chi connectivity index (χ0) is 13.1. The minimum Gasteiger partial charge on any atom is -0.366 e. The fourth-order valence-corrected chi connectivity index (χ4v) is 2.78. The molecular formula is C12H20O6. The van der Waals surface area contributed by atoms with Gasteiger partial charge in [-0.2, -0.15) is 0 Å². The summed E-state index contributed by atoms with van der Waals surface area (Å²) < 4.78 is 28.2. The fourth-order valence-electron chi connectivity index (χ4n) is 2.78. The second-order valence-electron chi connectivity index (χ2n) is 5.92. The van der Waals surface area contributed by atoms with Crippen molar-refractivity contribution in [2.75, 3.05) is 6.61 Å². The van der Waals surface area contributed by atoms with Crippen LogP contribution in [0, 0.1) is 0 Å². The van der Waals surface area contributed by atoms with E-state index in [2.05, 4.69) is 0 Å². The number of rotatable bonds is 1. The van der Waals surface area contributed by atoms with Crippen molar-refractivity contribution in [3.8, 4) is 0 Å². The SMILES string of the molecule is CC1(C)O[C@H]2[C@@H]([C@H]3COC(C)(C)O3)OC(O)[C@H]2O1. The maximum atomic E-state index is 9.87. The predicted molar refractivity (Wildman–Crippen MR) is 59.6 cm³/mol. The molecule has 3 fully saturated rings. The Morgan fingerprint density at radius 2 is 1.56 bits per heavy atom. The lowest BCUT2D eigenvalue weighted by Gasteiger charge is -2.26. The molecule has 0 aromatic rings. The highest BCUT2D eigenvalue weighted by molar-refractivity contribution is 4.99. The van der Waals surface area contributed by atoms with Gasteiger partial charge in [0.25, 0.3) is 0 Å². The van der Waals surface area contributed by atoms with Crippen LogP contribution in [0.15, 0.2) is 0 Å². The Balaban J connectivity index is 1.75. The van der Waals surface area contributed by atoms with Gasteiger partial charge in [0.05, 0.1) is 6.61 Å². The molecule has 0 saturated carbocycles. The van der Waals surface area contributed by atoms with Crippen molar-refractivity contribution < 1.29 is 28.8 Å². The van der Waals surface area contributed by atoms with Gasteiger partial charge in [0.15, 0.2) is 17.9 Å². The van der Waals surface area contributed by atoms with Crippen LogP contribution in [-0.2, 0) is 23.7 Å². The number of fused-ring (bicyclic) bond motifs is 1. The maximum absolute atomic E-state index is 9.87.